The normalized spacial score (nSPS) is 12.7. The van der Waals surface area contributed by atoms with Crippen molar-refractivity contribution in [1.29, 1.82) is 0 Å². The highest BCUT2D eigenvalue weighted by molar-refractivity contribution is 5.74. The van der Waals surface area contributed by atoms with Crippen molar-refractivity contribution in [2.45, 2.75) is 118 Å². The molecular weight excluding hydrogens is 544 g/mol. The van der Waals surface area contributed by atoms with E-state index in [2.05, 4.69) is 0 Å². The summed E-state index contributed by atoms with van der Waals surface area (Å²) in [4.78, 5) is 25.1. The predicted octanol–water partition coefficient (Wildman–Crippen LogP) is 7.18. The third-order valence-electron chi connectivity index (χ3n) is 7.25. The molecule has 0 aliphatic carbocycles. The standard InChI is InChI=1S/C36H54O7/c1-33(2,3)25-17-23(18-26(31(25)39)34(4,5)6)21-29(37)42-15-13-41-14-16-43-30(38)22-24-19-27(35(7,8)9)32(40)28(20-24)36(10,11)12/h17-20,39-40H,13-16,21-22H2,1-12H3. The minimum absolute atomic E-state index is 0.0851. The lowest BCUT2D eigenvalue weighted by atomic mass is 9.78. The second-order valence-electron chi connectivity index (χ2n) is 15.5. The highest BCUT2D eigenvalue weighted by Gasteiger charge is 2.28. The molecule has 0 amide bonds. The van der Waals surface area contributed by atoms with Crippen molar-refractivity contribution in [3.63, 3.8) is 0 Å². The molecule has 0 saturated carbocycles. The van der Waals surface area contributed by atoms with Crippen LogP contribution >= 0.6 is 0 Å². The topological polar surface area (TPSA) is 102 Å². The molecule has 43 heavy (non-hydrogen) atoms. The molecule has 0 radical (unpaired) electrons. The van der Waals surface area contributed by atoms with E-state index in [-0.39, 0.29) is 84.4 Å². The van der Waals surface area contributed by atoms with E-state index in [1.54, 1.807) is 0 Å². The molecule has 7 nitrogen and oxygen atoms in total. The Bertz CT molecular complexity index is 1110. The van der Waals surface area contributed by atoms with Crippen LogP contribution in [0.4, 0.5) is 0 Å². The summed E-state index contributed by atoms with van der Waals surface area (Å²) >= 11 is 0. The third kappa shape index (κ3) is 10.6. The van der Waals surface area contributed by atoms with Crippen LogP contribution in [0, 0.1) is 0 Å². The Labute approximate surface area is 258 Å². The van der Waals surface area contributed by atoms with Crippen LogP contribution in [0.25, 0.3) is 0 Å². The molecule has 0 bridgehead atoms. The molecule has 2 aromatic rings. The summed E-state index contributed by atoms with van der Waals surface area (Å²) in [7, 11) is 0. The lowest BCUT2D eigenvalue weighted by Gasteiger charge is -2.28. The molecule has 0 fully saturated rings. The van der Waals surface area contributed by atoms with Gasteiger partial charge >= 0.3 is 11.9 Å². The maximum Gasteiger partial charge on any atom is 0.310 e. The van der Waals surface area contributed by atoms with Gasteiger partial charge in [0.15, 0.2) is 0 Å². The van der Waals surface area contributed by atoms with Gasteiger partial charge in [-0.2, -0.15) is 0 Å². The van der Waals surface area contributed by atoms with Crippen LogP contribution in [0.1, 0.15) is 116 Å². The van der Waals surface area contributed by atoms with E-state index < -0.39 is 0 Å². The fourth-order valence-electron chi connectivity index (χ4n) is 4.85. The van der Waals surface area contributed by atoms with E-state index in [0.717, 1.165) is 33.4 Å². The summed E-state index contributed by atoms with van der Waals surface area (Å²) < 4.78 is 16.2. The molecule has 2 aromatic carbocycles. The Kier molecular flexibility index (Phi) is 11.5. The van der Waals surface area contributed by atoms with Crippen LogP contribution in [0.15, 0.2) is 24.3 Å². The molecule has 7 heteroatoms. The van der Waals surface area contributed by atoms with Crippen molar-refractivity contribution in [2.75, 3.05) is 26.4 Å². The Morgan fingerprint density at radius 1 is 0.512 bits per heavy atom. The van der Waals surface area contributed by atoms with E-state index >= 15 is 0 Å². The fourth-order valence-corrected chi connectivity index (χ4v) is 4.85. The number of carbonyl (C=O) groups excluding carboxylic acids is 2. The van der Waals surface area contributed by atoms with E-state index in [4.69, 9.17) is 14.2 Å². The summed E-state index contributed by atoms with van der Waals surface area (Å²) in [5.41, 5.74) is 3.67. The summed E-state index contributed by atoms with van der Waals surface area (Å²) in [5, 5.41) is 21.8. The van der Waals surface area contributed by atoms with Crippen molar-refractivity contribution in [3.05, 3.63) is 57.6 Å². The van der Waals surface area contributed by atoms with Crippen LogP contribution in [0.5, 0.6) is 11.5 Å². The molecule has 0 heterocycles. The molecule has 0 aliphatic heterocycles. The summed E-state index contributed by atoms with van der Waals surface area (Å²) in [6.07, 6.45) is 0.185. The van der Waals surface area contributed by atoms with Crippen molar-refractivity contribution in [3.8, 4) is 11.5 Å². The number of carbonyl (C=O) groups is 2. The molecule has 0 aromatic heterocycles. The van der Waals surface area contributed by atoms with Gasteiger partial charge in [-0.1, -0.05) is 107 Å². The first-order valence-electron chi connectivity index (χ1n) is 15.1. The Hall–Kier alpha value is -3.06. The zero-order chi connectivity index (χ0) is 33.0. The predicted molar refractivity (Wildman–Crippen MR) is 171 cm³/mol. The third-order valence-corrected chi connectivity index (χ3v) is 7.25. The van der Waals surface area contributed by atoms with Crippen molar-refractivity contribution < 1.29 is 34.0 Å². The van der Waals surface area contributed by atoms with Gasteiger partial charge in [0.1, 0.15) is 24.7 Å². The SMILES string of the molecule is CC(C)(C)c1cc(CC(=O)OCCOCCOC(=O)Cc2cc(C(C)(C)C)c(O)c(C(C)(C)C)c2)cc(C(C)(C)C)c1O. The number of rotatable bonds is 10. The number of phenols is 2. The van der Waals surface area contributed by atoms with Crippen LogP contribution < -0.4 is 0 Å². The minimum Gasteiger partial charge on any atom is -0.507 e. The summed E-state index contributed by atoms with van der Waals surface area (Å²) in [6, 6.07) is 7.51. The van der Waals surface area contributed by atoms with Crippen LogP contribution in [0.2, 0.25) is 0 Å². The van der Waals surface area contributed by atoms with E-state index in [1.807, 2.05) is 107 Å². The first-order valence-corrected chi connectivity index (χ1v) is 15.1. The van der Waals surface area contributed by atoms with Gasteiger partial charge < -0.3 is 24.4 Å². The molecule has 0 atom stereocenters. The smallest absolute Gasteiger partial charge is 0.310 e. The summed E-state index contributed by atoms with van der Waals surface area (Å²) in [6.45, 7) is 24.9. The highest BCUT2D eigenvalue weighted by Crippen LogP contribution is 2.41. The number of ether oxygens (including phenoxy) is 3. The number of phenolic OH excluding ortho intramolecular Hbond substituents is 2. The number of aromatic hydroxyl groups is 2. The van der Waals surface area contributed by atoms with Gasteiger partial charge in [-0.15, -0.1) is 0 Å². The maximum atomic E-state index is 12.5. The Morgan fingerprint density at radius 3 is 1.00 bits per heavy atom. The number of hydrogen-bond acceptors (Lipinski definition) is 7. The van der Waals surface area contributed by atoms with Crippen molar-refractivity contribution in [2.24, 2.45) is 0 Å². The van der Waals surface area contributed by atoms with Crippen LogP contribution in [-0.2, 0) is 58.3 Å². The van der Waals surface area contributed by atoms with Gasteiger partial charge in [-0.05, 0) is 55.0 Å². The minimum atomic E-state index is -0.376. The van der Waals surface area contributed by atoms with Gasteiger partial charge in [0, 0.05) is 0 Å². The molecule has 0 aliphatic rings. The summed E-state index contributed by atoms with van der Waals surface area (Å²) in [5.74, 6) is -0.200. The molecule has 240 valence electrons. The van der Waals surface area contributed by atoms with Gasteiger partial charge in [-0.25, -0.2) is 0 Å². The zero-order valence-electron chi connectivity index (χ0n) is 28.5. The number of esters is 2. The molecule has 2 N–H and O–H groups in total. The molecule has 2 rings (SSSR count). The second-order valence-corrected chi connectivity index (χ2v) is 15.5. The van der Waals surface area contributed by atoms with E-state index in [9.17, 15) is 19.8 Å². The molecule has 0 unspecified atom stereocenters. The quantitative estimate of drug-likeness (QED) is 0.221. The van der Waals surface area contributed by atoms with Gasteiger partial charge in [0.2, 0.25) is 0 Å². The molecule has 0 saturated heterocycles. The van der Waals surface area contributed by atoms with E-state index in [0.29, 0.717) is 0 Å². The maximum absolute atomic E-state index is 12.5. The average molecular weight is 599 g/mol. The van der Waals surface area contributed by atoms with E-state index in [1.165, 1.54) is 0 Å². The highest BCUT2D eigenvalue weighted by atomic mass is 16.6. The van der Waals surface area contributed by atoms with Crippen LogP contribution in [-0.4, -0.2) is 48.6 Å². The molecular formula is C36H54O7. The average Bonchev–Trinajstić information content (AvgIpc) is 2.82. The van der Waals surface area contributed by atoms with Crippen molar-refractivity contribution >= 4 is 11.9 Å². The van der Waals surface area contributed by atoms with Gasteiger partial charge in [0.25, 0.3) is 0 Å². The fraction of sp³-hybridized carbons (Fsp3) is 0.611. The first kappa shape index (κ1) is 36.1. The lowest BCUT2D eigenvalue weighted by Crippen LogP contribution is -2.20. The van der Waals surface area contributed by atoms with Gasteiger partial charge in [0.05, 0.1) is 26.1 Å². The van der Waals surface area contributed by atoms with Gasteiger partial charge in [-0.3, -0.25) is 9.59 Å². The Morgan fingerprint density at radius 2 is 0.767 bits per heavy atom. The lowest BCUT2D eigenvalue weighted by molar-refractivity contribution is -0.145. The molecule has 0 spiro atoms. The second kappa shape index (κ2) is 13.7. The Balaban J connectivity index is 1.84. The van der Waals surface area contributed by atoms with Crippen molar-refractivity contribution in [1.82, 2.24) is 0 Å². The van der Waals surface area contributed by atoms with Crippen LogP contribution in [0.3, 0.4) is 0 Å². The number of hydrogen-bond donors (Lipinski definition) is 2. The monoisotopic (exact) mass is 598 g/mol. The number of benzene rings is 2. The zero-order valence-corrected chi connectivity index (χ0v) is 28.5. The largest absolute Gasteiger partial charge is 0.507 e. The first-order chi connectivity index (χ1) is 19.5.